The van der Waals surface area contributed by atoms with E-state index in [0.717, 1.165) is 47.3 Å². The van der Waals surface area contributed by atoms with Gasteiger partial charge in [-0.1, -0.05) is 0 Å². The zero-order chi connectivity index (χ0) is 15.5. The topological polar surface area (TPSA) is 40.2 Å². The molecule has 11 atom stereocenters. The molecule has 11 unspecified atom stereocenters. The molecule has 0 spiro atoms. The number of rotatable bonds is 4. The van der Waals surface area contributed by atoms with Crippen molar-refractivity contribution in [1.29, 1.82) is 0 Å². The van der Waals surface area contributed by atoms with Gasteiger partial charge in [0, 0.05) is 26.9 Å². The van der Waals surface area contributed by atoms with Crippen molar-refractivity contribution in [3.05, 3.63) is 0 Å². The molecule has 1 aliphatic heterocycles. The quantitative estimate of drug-likeness (QED) is 0.584. The lowest BCUT2D eigenvalue weighted by Crippen LogP contribution is -2.51. The third kappa shape index (κ3) is 1.49. The van der Waals surface area contributed by atoms with E-state index in [1.165, 1.54) is 25.7 Å². The highest BCUT2D eigenvalue weighted by molar-refractivity contribution is 6.62. The molecule has 4 bridgehead atoms. The van der Waals surface area contributed by atoms with E-state index in [9.17, 15) is 0 Å². The Morgan fingerprint density at radius 1 is 0.696 bits per heavy atom. The van der Waals surface area contributed by atoms with Crippen molar-refractivity contribution in [2.75, 3.05) is 21.3 Å². The maximum absolute atomic E-state index is 5.98. The second-order valence-electron chi connectivity index (χ2n) is 9.06. The van der Waals surface area contributed by atoms with E-state index in [-0.39, 0.29) is 0 Å². The summed E-state index contributed by atoms with van der Waals surface area (Å²) < 4.78 is 23.6. The molecular formula is C18H28O4Si. The van der Waals surface area contributed by atoms with Gasteiger partial charge in [0.1, 0.15) is 0 Å². The molecular weight excluding hydrogens is 308 g/mol. The van der Waals surface area contributed by atoms with E-state index in [1.807, 2.05) is 0 Å². The molecule has 23 heavy (non-hydrogen) atoms. The summed E-state index contributed by atoms with van der Waals surface area (Å²) >= 11 is 0. The van der Waals surface area contributed by atoms with Crippen LogP contribution in [-0.4, -0.2) is 42.3 Å². The van der Waals surface area contributed by atoms with Gasteiger partial charge in [0.2, 0.25) is 0 Å². The van der Waals surface area contributed by atoms with Gasteiger partial charge in [-0.3, -0.25) is 0 Å². The molecule has 1 heterocycles. The normalized spacial score (nSPS) is 60.9. The molecule has 6 aliphatic rings. The molecule has 0 aromatic rings. The van der Waals surface area contributed by atoms with Crippen LogP contribution in [0.4, 0.5) is 0 Å². The van der Waals surface area contributed by atoms with Gasteiger partial charge in [0.15, 0.2) is 0 Å². The van der Waals surface area contributed by atoms with Crippen molar-refractivity contribution in [3.8, 4) is 0 Å². The average molecular weight is 337 g/mol. The summed E-state index contributed by atoms with van der Waals surface area (Å²) in [7, 11) is 2.88. The van der Waals surface area contributed by atoms with Crippen LogP contribution in [0.5, 0.6) is 0 Å². The Labute approximate surface area is 139 Å². The van der Waals surface area contributed by atoms with E-state index < -0.39 is 8.80 Å². The molecule has 5 aliphatic carbocycles. The van der Waals surface area contributed by atoms with Crippen LogP contribution in [0.25, 0.3) is 0 Å². The molecule has 0 radical (unpaired) electrons. The van der Waals surface area contributed by atoms with Crippen LogP contribution < -0.4 is 0 Å². The first-order chi connectivity index (χ1) is 11.2. The molecule has 0 amide bonds. The van der Waals surface area contributed by atoms with Crippen molar-refractivity contribution < 1.29 is 18.0 Å². The maximum Gasteiger partial charge on any atom is 0.503 e. The molecule has 0 aromatic carbocycles. The Balaban J connectivity index is 1.30. The van der Waals surface area contributed by atoms with Gasteiger partial charge in [0.05, 0.1) is 12.2 Å². The van der Waals surface area contributed by atoms with Crippen molar-refractivity contribution >= 4 is 8.80 Å². The summed E-state index contributed by atoms with van der Waals surface area (Å²) in [6, 6.07) is 0. The maximum atomic E-state index is 5.98. The van der Waals surface area contributed by atoms with Gasteiger partial charge < -0.3 is 18.0 Å². The van der Waals surface area contributed by atoms with E-state index >= 15 is 0 Å². The SMILES string of the molecule is CO[Si](OC)(OC)C1CC2CC1C1CC3C4CC(C5OC45)C3C21. The predicted molar refractivity (Wildman–Crippen MR) is 85.6 cm³/mol. The zero-order valence-electron chi connectivity index (χ0n) is 14.3. The largest absolute Gasteiger partial charge is 0.503 e. The fourth-order valence-electron chi connectivity index (χ4n) is 8.60. The van der Waals surface area contributed by atoms with Crippen molar-refractivity contribution in [2.24, 2.45) is 47.3 Å². The van der Waals surface area contributed by atoms with E-state index in [1.54, 1.807) is 21.3 Å². The van der Waals surface area contributed by atoms with Crippen LogP contribution in [0, 0.1) is 47.3 Å². The van der Waals surface area contributed by atoms with Crippen LogP contribution in [0.15, 0.2) is 0 Å². The molecule has 128 valence electrons. The van der Waals surface area contributed by atoms with Crippen LogP contribution in [0.2, 0.25) is 5.54 Å². The van der Waals surface area contributed by atoms with Gasteiger partial charge in [-0.25, -0.2) is 0 Å². The lowest BCUT2D eigenvalue weighted by atomic mass is 9.72. The Hall–Kier alpha value is 0.0569. The summed E-state index contributed by atoms with van der Waals surface area (Å²) in [6.07, 6.45) is 6.97. The van der Waals surface area contributed by atoms with Crippen molar-refractivity contribution in [2.45, 2.75) is 43.4 Å². The first-order valence-electron chi connectivity index (χ1n) is 9.53. The number of hydrogen-bond donors (Lipinski definition) is 0. The van der Waals surface area contributed by atoms with Crippen LogP contribution in [0.3, 0.4) is 0 Å². The molecule has 6 fully saturated rings. The van der Waals surface area contributed by atoms with Gasteiger partial charge >= 0.3 is 8.80 Å². The highest BCUT2D eigenvalue weighted by Gasteiger charge is 2.75. The molecule has 6 rings (SSSR count). The smallest absolute Gasteiger partial charge is 0.377 e. The standard InChI is InChI=1S/C18H28O4Si/c1-19-23(20-2,21-3)14-5-8-4-9(14)10-6-11-12-7-13(16(11)15(8)10)18-17(12)22-18/h8-18H,4-7H2,1-3H3. The second kappa shape index (κ2) is 4.42. The summed E-state index contributed by atoms with van der Waals surface area (Å²) in [5.74, 6) is 7.39. The Kier molecular flexibility index (Phi) is 2.74. The second-order valence-corrected chi connectivity index (χ2v) is 12.2. The lowest BCUT2D eigenvalue weighted by Gasteiger charge is -2.40. The molecule has 5 saturated carbocycles. The molecule has 0 N–H and O–H groups in total. The number of epoxide rings is 1. The van der Waals surface area contributed by atoms with Gasteiger partial charge in [0.25, 0.3) is 0 Å². The Bertz CT molecular complexity index is 529. The fraction of sp³-hybridized carbons (Fsp3) is 1.00. The minimum absolute atomic E-state index is 0.538. The van der Waals surface area contributed by atoms with Gasteiger partial charge in [-0.05, 0) is 73.0 Å². The zero-order valence-corrected chi connectivity index (χ0v) is 15.3. The van der Waals surface area contributed by atoms with E-state index in [4.69, 9.17) is 18.0 Å². The average Bonchev–Trinajstić information content (AvgIpc) is 2.99. The van der Waals surface area contributed by atoms with Crippen LogP contribution >= 0.6 is 0 Å². The number of hydrogen-bond acceptors (Lipinski definition) is 4. The van der Waals surface area contributed by atoms with Gasteiger partial charge in [-0.2, -0.15) is 0 Å². The molecule has 4 nitrogen and oxygen atoms in total. The lowest BCUT2D eigenvalue weighted by molar-refractivity contribution is 0.0809. The highest BCUT2D eigenvalue weighted by atomic mass is 28.4. The van der Waals surface area contributed by atoms with Crippen molar-refractivity contribution in [1.82, 2.24) is 0 Å². The van der Waals surface area contributed by atoms with Gasteiger partial charge in [-0.15, -0.1) is 0 Å². The first-order valence-corrected chi connectivity index (χ1v) is 11.3. The number of ether oxygens (including phenoxy) is 1. The third-order valence-electron chi connectivity index (χ3n) is 9.02. The Morgan fingerprint density at radius 3 is 2.09 bits per heavy atom. The highest BCUT2D eigenvalue weighted by Crippen LogP contribution is 2.76. The Morgan fingerprint density at radius 2 is 1.35 bits per heavy atom. The van der Waals surface area contributed by atoms with E-state index in [2.05, 4.69) is 0 Å². The monoisotopic (exact) mass is 336 g/mol. The van der Waals surface area contributed by atoms with E-state index in [0.29, 0.717) is 17.7 Å². The summed E-state index contributed by atoms with van der Waals surface area (Å²) in [5.41, 5.74) is 0.538. The first kappa shape index (κ1) is 14.2. The minimum atomic E-state index is -2.48. The summed E-state index contributed by atoms with van der Waals surface area (Å²) in [4.78, 5) is 0. The molecule has 0 aromatic heterocycles. The summed E-state index contributed by atoms with van der Waals surface area (Å²) in [6.45, 7) is 0. The molecule has 1 saturated heterocycles. The predicted octanol–water partition coefficient (Wildman–Crippen LogP) is 2.56. The fourth-order valence-corrected chi connectivity index (χ4v) is 11.5. The molecule has 5 heteroatoms. The third-order valence-corrected chi connectivity index (χ3v) is 12.3. The summed E-state index contributed by atoms with van der Waals surface area (Å²) in [5, 5.41) is 0. The van der Waals surface area contributed by atoms with Crippen molar-refractivity contribution in [3.63, 3.8) is 0 Å². The van der Waals surface area contributed by atoms with Crippen LogP contribution in [0.1, 0.15) is 25.7 Å². The number of fused-ring (bicyclic) bond motifs is 14. The van der Waals surface area contributed by atoms with Crippen LogP contribution in [-0.2, 0) is 18.0 Å². The minimum Gasteiger partial charge on any atom is -0.377 e.